The fourth-order valence-electron chi connectivity index (χ4n) is 7.90. The molecule has 0 bridgehead atoms. The van der Waals surface area contributed by atoms with Crippen molar-refractivity contribution in [3.63, 3.8) is 0 Å². The predicted octanol–water partition coefficient (Wildman–Crippen LogP) is 12.7. The first-order chi connectivity index (χ1) is 38.4. The Balaban J connectivity index is 0.000000259. The van der Waals surface area contributed by atoms with Gasteiger partial charge in [0.05, 0.1) is 48.3 Å². The minimum atomic E-state index is -0.622. The second-order valence-electron chi connectivity index (χ2n) is 19.0. The average Bonchev–Trinajstić information content (AvgIpc) is 3.47. The molecule has 6 aromatic carbocycles. The lowest BCUT2D eigenvalue weighted by Gasteiger charge is -2.34. The number of hydrogen-bond donors (Lipinski definition) is 0. The highest BCUT2D eigenvalue weighted by molar-refractivity contribution is 5.93. The number of ether oxygens (including phenoxy) is 7. The van der Waals surface area contributed by atoms with Crippen molar-refractivity contribution in [3.8, 4) is 34.5 Å². The number of hydrogen-bond acceptors (Lipinski definition) is 15. The van der Waals surface area contributed by atoms with Crippen molar-refractivity contribution in [1.82, 2.24) is 4.90 Å². The Labute approximate surface area is 463 Å². The molecule has 0 N–H and O–H groups in total. The highest BCUT2D eigenvalue weighted by atomic mass is 16.6. The molecule has 7 rings (SSSR count). The van der Waals surface area contributed by atoms with Gasteiger partial charge in [-0.1, -0.05) is 71.4 Å². The molecular weight excluding hydrogens is 1000 g/mol. The summed E-state index contributed by atoms with van der Waals surface area (Å²) in [5.74, 6) is -0.658. The maximum Gasteiger partial charge on any atom is 0.343 e. The van der Waals surface area contributed by atoms with Gasteiger partial charge < -0.3 is 43.0 Å². The van der Waals surface area contributed by atoms with E-state index in [1.165, 1.54) is 86.2 Å². The molecule has 0 amide bonds. The number of likely N-dealkylation sites (N-methyl/N-ethyl adjacent to an activating group) is 1. The molecule has 0 spiro atoms. The zero-order valence-corrected chi connectivity index (χ0v) is 45.8. The van der Waals surface area contributed by atoms with E-state index in [0.717, 1.165) is 69.7 Å². The van der Waals surface area contributed by atoms with Crippen LogP contribution in [-0.4, -0.2) is 87.2 Å². The number of carbonyl (C=O) groups excluding carboxylic acids is 6. The van der Waals surface area contributed by atoms with Crippen LogP contribution in [0.1, 0.15) is 138 Å². The summed E-state index contributed by atoms with van der Waals surface area (Å²) < 4.78 is 37.6. The Morgan fingerprint density at radius 3 is 1.20 bits per heavy atom. The highest BCUT2D eigenvalue weighted by Gasteiger charge is 2.18. The van der Waals surface area contributed by atoms with E-state index >= 15 is 0 Å². The van der Waals surface area contributed by atoms with Gasteiger partial charge in [0.1, 0.15) is 34.5 Å². The predicted molar refractivity (Wildman–Crippen MR) is 302 cm³/mol. The fraction of sp³-hybridized carbons (Fsp3) is 0.344. The molecule has 0 aromatic heterocycles. The van der Waals surface area contributed by atoms with Gasteiger partial charge in [0.15, 0.2) is 0 Å². The molecule has 1 aliphatic rings. The van der Waals surface area contributed by atoms with Gasteiger partial charge in [0.2, 0.25) is 0 Å². The lowest BCUT2D eigenvalue weighted by molar-refractivity contribution is -0.147. The standard InChI is InChI=1S/C33H36N2O8.C31H36O5/c1-3-4-23-40-30(36)17-18-31(37)41-27-11-5-24(6-12-27)32(38)42-28-13-7-25(8-14-28)33(39)43-29-15-9-26(10-16-29)35-21-19-34(2)20-22-35;1-3-5-7-8-9-10-24-11-13-25(14-12-24)30(32)35-28-19-21-29(22-20-28)36-31(33)26-15-17-27(18-16-26)34-23-6-4-2/h5-16H,3-4,17-23H2,1-2H3;11-22H,3-10,23H2,1-2H3. The second kappa shape index (κ2) is 32.4. The zero-order chi connectivity index (χ0) is 56.2. The smallest absolute Gasteiger partial charge is 0.343 e. The van der Waals surface area contributed by atoms with Gasteiger partial charge in [-0.15, -0.1) is 0 Å². The third kappa shape index (κ3) is 20.9. The van der Waals surface area contributed by atoms with E-state index in [1.54, 1.807) is 72.8 Å². The lowest BCUT2D eigenvalue weighted by Crippen LogP contribution is -2.44. The van der Waals surface area contributed by atoms with Crippen molar-refractivity contribution in [2.24, 2.45) is 0 Å². The van der Waals surface area contributed by atoms with Crippen LogP contribution in [0.3, 0.4) is 0 Å². The van der Waals surface area contributed by atoms with E-state index < -0.39 is 35.8 Å². The van der Waals surface area contributed by atoms with Crippen molar-refractivity contribution in [1.29, 1.82) is 0 Å². The largest absolute Gasteiger partial charge is 0.494 e. The van der Waals surface area contributed by atoms with E-state index in [2.05, 4.69) is 30.7 Å². The number of nitrogens with zero attached hydrogens (tertiary/aromatic N) is 2. The van der Waals surface area contributed by atoms with Crippen LogP contribution in [-0.2, 0) is 20.7 Å². The Morgan fingerprint density at radius 2 is 0.747 bits per heavy atom. The molecule has 0 saturated carbocycles. The molecule has 15 heteroatoms. The first-order valence-corrected chi connectivity index (χ1v) is 27.3. The molecule has 0 atom stereocenters. The van der Waals surface area contributed by atoms with Gasteiger partial charge in [-0.2, -0.15) is 0 Å². The van der Waals surface area contributed by atoms with Crippen LogP contribution in [0.5, 0.6) is 34.5 Å². The number of aryl methyl sites for hydroxylation is 1. The SMILES string of the molecule is CCCCCCCc1ccc(C(=O)Oc2ccc(OC(=O)c3ccc(OCCCC)cc3)cc2)cc1.CCCCOC(=O)CCC(=O)Oc1ccc(C(=O)Oc2ccc(C(=O)Oc3ccc(N4CCN(C)CC4)cc3)cc2)cc1. The molecular formula is C64H72N2O13. The van der Waals surface area contributed by atoms with Crippen molar-refractivity contribution >= 4 is 41.5 Å². The van der Waals surface area contributed by atoms with Gasteiger partial charge in [-0.3, -0.25) is 9.59 Å². The maximum atomic E-state index is 12.6. The maximum absolute atomic E-state index is 12.6. The van der Waals surface area contributed by atoms with Gasteiger partial charge in [0.25, 0.3) is 0 Å². The molecule has 1 aliphatic heterocycles. The Bertz CT molecular complexity index is 2840. The van der Waals surface area contributed by atoms with Crippen molar-refractivity contribution in [2.75, 3.05) is 51.3 Å². The van der Waals surface area contributed by atoms with Crippen molar-refractivity contribution in [2.45, 2.75) is 97.8 Å². The molecule has 0 aliphatic carbocycles. The molecule has 1 fully saturated rings. The number of piperazine rings is 1. The van der Waals surface area contributed by atoms with Gasteiger partial charge >= 0.3 is 35.8 Å². The quantitative estimate of drug-likeness (QED) is 0.0285. The summed E-state index contributed by atoms with van der Waals surface area (Å²) in [7, 11) is 2.11. The second-order valence-corrected chi connectivity index (χ2v) is 19.0. The number of esters is 6. The third-order valence-electron chi connectivity index (χ3n) is 12.7. The van der Waals surface area contributed by atoms with Crippen molar-refractivity contribution < 1.29 is 61.9 Å². The summed E-state index contributed by atoms with van der Waals surface area (Å²) in [5.41, 5.74) is 3.80. The van der Waals surface area contributed by atoms with Gasteiger partial charge in [0, 0.05) is 31.9 Å². The summed E-state index contributed by atoms with van der Waals surface area (Å²) in [6, 6.07) is 40.2. The summed E-state index contributed by atoms with van der Waals surface area (Å²) in [5, 5.41) is 0. The third-order valence-corrected chi connectivity index (χ3v) is 12.7. The average molecular weight is 1080 g/mol. The van der Waals surface area contributed by atoms with Crippen LogP contribution in [0.25, 0.3) is 0 Å². The monoisotopic (exact) mass is 1080 g/mol. The molecule has 79 heavy (non-hydrogen) atoms. The first-order valence-electron chi connectivity index (χ1n) is 27.3. The molecule has 0 radical (unpaired) electrons. The van der Waals surface area contributed by atoms with Gasteiger partial charge in [-0.05, 0) is 172 Å². The summed E-state index contributed by atoms with van der Waals surface area (Å²) >= 11 is 0. The molecule has 15 nitrogen and oxygen atoms in total. The number of anilines is 1. The van der Waals surface area contributed by atoms with E-state index in [9.17, 15) is 28.8 Å². The topological polar surface area (TPSA) is 174 Å². The van der Waals surface area contributed by atoms with Crippen LogP contribution in [0.2, 0.25) is 0 Å². The molecule has 1 heterocycles. The number of benzene rings is 6. The number of rotatable bonds is 26. The molecule has 0 unspecified atom stereocenters. The number of carbonyl (C=O) groups is 6. The summed E-state index contributed by atoms with van der Waals surface area (Å²) in [4.78, 5) is 78.3. The Morgan fingerprint density at radius 1 is 0.380 bits per heavy atom. The molecule has 1 saturated heterocycles. The highest BCUT2D eigenvalue weighted by Crippen LogP contribution is 2.25. The minimum absolute atomic E-state index is 0.0618. The fourth-order valence-corrected chi connectivity index (χ4v) is 7.90. The van der Waals surface area contributed by atoms with E-state index in [1.807, 2.05) is 31.2 Å². The summed E-state index contributed by atoms with van der Waals surface area (Å²) in [6.45, 7) is 11.2. The Kier molecular flexibility index (Phi) is 24.6. The van der Waals surface area contributed by atoms with Crippen LogP contribution >= 0.6 is 0 Å². The van der Waals surface area contributed by atoms with Gasteiger partial charge in [-0.25, -0.2) is 19.2 Å². The zero-order valence-electron chi connectivity index (χ0n) is 45.8. The van der Waals surface area contributed by atoms with E-state index in [4.69, 9.17) is 33.2 Å². The Hall–Kier alpha value is -8.30. The van der Waals surface area contributed by atoms with Crippen LogP contribution in [0.4, 0.5) is 5.69 Å². The van der Waals surface area contributed by atoms with Crippen LogP contribution < -0.4 is 33.3 Å². The van der Waals surface area contributed by atoms with Crippen LogP contribution in [0.15, 0.2) is 146 Å². The number of unbranched alkanes of at least 4 members (excludes halogenated alkanes) is 6. The minimum Gasteiger partial charge on any atom is -0.494 e. The lowest BCUT2D eigenvalue weighted by atomic mass is 10.0. The molecule has 6 aromatic rings. The van der Waals surface area contributed by atoms with Crippen LogP contribution in [0, 0.1) is 0 Å². The van der Waals surface area contributed by atoms with E-state index in [-0.39, 0.29) is 29.9 Å². The van der Waals surface area contributed by atoms with E-state index in [0.29, 0.717) is 47.2 Å². The molecule has 416 valence electrons. The summed E-state index contributed by atoms with van der Waals surface area (Å²) in [6.07, 6.45) is 10.8. The first kappa shape index (κ1) is 59.9. The van der Waals surface area contributed by atoms with Crippen molar-refractivity contribution in [3.05, 3.63) is 173 Å². The normalized spacial score (nSPS) is 12.0.